The first kappa shape index (κ1) is 22.5. The second-order valence-electron chi connectivity index (χ2n) is 6.89. The van der Waals surface area contributed by atoms with Gasteiger partial charge in [0.15, 0.2) is 0 Å². The summed E-state index contributed by atoms with van der Waals surface area (Å²) >= 11 is 0. The van der Waals surface area contributed by atoms with Gasteiger partial charge in [-0.25, -0.2) is 4.79 Å². The van der Waals surface area contributed by atoms with Gasteiger partial charge in [0.25, 0.3) is 0 Å². The van der Waals surface area contributed by atoms with E-state index in [-0.39, 0.29) is 12.2 Å². The fourth-order valence-electron chi connectivity index (χ4n) is 3.31. The predicted octanol–water partition coefficient (Wildman–Crippen LogP) is 5.02. The van der Waals surface area contributed by atoms with Gasteiger partial charge in [-0.15, -0.1) is 0 Å². The predicted molar refractivity (Wildman–Crippen MR) is 108 cm³/mol. The SMILES string of the molecule is COC(=O)C(OCc1ccccc1)(c1ccccc1)C(O)c1ccc(C(F)(F)F)cc1. The van der Waals surface area contributed by atoms with Gasteiger partial charge in [-0.1, -0.05) is 72.8 Å². The molecule has 31 heavy (non-hydrogen) atoms. The summed E-state index contributed by atoms with van der Waals surface area (Å²) in [6.45, 7) is -0.0392. The average Bonchev–Trinajstić information content (AvgIpc) is 2.80. The number of ether oxygens (including phenoxy) is 2. The summed E-state index contributed by atoms with van der Waals surface area (Å²) in [5, 5.41) is 11.3. The number of rotatable bonds is 7. The van der Waals surface area contributed by atoms with E-state index in [9.17, 15) is 23.1 Å². The lowest BCUT2D eigenvalue weighted by molar-refractivity contribution is -0.194. The maximum absolute atomic E-state index is 13.0. The first-order valence-electron chi connectivity index (χ1n) is 9.46. The lowest BCUT2D eigenvalue weighted by Gasteiger charge is -2.36. The van der Waals surface area contributed by atoms with Crippen LogP contribution in [0.1, 0.15) is 28.4 Å². The van der Waals surface area contributed by atoms with Gasteiger partial charge in [0.05, 0.1) is 19.3 Å². The number of carbonyl (C=O) groups excluding carboxylic acids is 1. The minimum absolute atomic E-state index is 0.0392. The molecule has 0 aromatic heterocycles. The van der Waals surface area contributed by atoms with Crippen LogP contribution >= 0.6 is 0 Å². The van der Waals surface area contributed by atoms with Crippen LogP contribution in [-0.2, 0) is 32.7 Å². The number of hydrogen-bond acceptors (Lipinski definition) is 4. The number of alkyl halides is 3. The van der Waals surface area contributed by atoms with E-state index in [2.05, 4.69) is 0 Å². The van der Waals surface area contributed by atoms with Gasteiger partial charge in [-0.2, -0.15) is 13.2 Å². The Hall–Kier alpha value is -3.16. The fraction of sp³-hybridized carbons (Fsp3) is 0.208. The van der Waals surface area contributed by atoms with Crippen molar-refractivity contribution in [3.63, 3.8) is 0 Å². The fourth-order valence-corrected chi connectivity index (χ4v) is 3.31. The van der Waals surface area contributed by atoms with Gasteiger partial charge in [-0.05, 0) is 28.8 Å². The third-order valence-electron chi connectivity index (χ3n) is 4.94. The molecule has 0 bridgehead atoms. The number of aliphatic hydroxyl groups is 1. The van der Waals surface area contributed by atoms with Gasteiger partial charge < -0.3 is 14.6 Å². The molecule has 3 rings (SSSR count). The molecule has 0 aliphatic rings. The van der Waals surface area contributed by atoms with Crippen molar-refractivity contribution < 1.29 is 32.5 Å². The maximum Gasteiger partial charge on any atom is 0.416 e. The van der Waals surface area contributed by atoms with E-state index in [1.165, 1.54) is 0 Å². The second kappa shape index (κ2) is 9.32. The van der Waals surface area contributed by atoms with E-state index in [0.717, 1.165) is 36.9 Å². The first-order chi connectivity index (χ1) is 14.8. The molecule has 162 valence electrons. The molecule has 0 radical (unpaired) electrons. The van der Waals surface area contributed by atoms with Crippen molar-refractivity contribution in [2.75, 3.05) is 7.11 Å². The number of esters is 1. The summed E-state index contributed by atoms with van der Waals surface area (Å²) in [5.41, 5.74) is -1.73. The zero-order valence-electron chi connectivity index (χ0n) is 16.7. The number of aliphatic hydroxyl groups excluding tert-OH is 1. The Morgan fingerprint density at radius 3 is 1.94 bits per heavy atom. The van der Waals surface area contributed by atoms with Gasteiger partial charge in [0.1, 0.15) is 6.10 Å². The van der Waals surface area contributed by atoms with Crippen molar-refractivity contribution in [3.8, 4) is 0 Å². The molecule has 2 atom stereocenters. The summed E-state index contributed by atoms with van der Waals surface area (Å²) in [6, 6.07) is 21.2. The molecule has 0 saturated carbocycles. The van der Waals surface area contributed by atoms with Crippen molar-refractivity contribution in [2.24, 2.45) is 0 Å². The Morgan fingerprint density at radius 1 is 0.871 bits per heavy atom. The molecule has 0 aliphatic carbocycles. The highest BCUT2D eigenvalue weighted by molar-refractivity contribution is 5.82. The maximum atomic E-state index is 13.0. The number of halogens is 3. The molecular weight excluding hydrogens is 409 g/mol. The Morgan fingerprint density at radius 2 is 1.42 bits per heavy atom. The topological polar surface area (TPSA) is 55.8 Å². The minimum atomic E-state index is -4.52. The van der Waals surface area contributed by atoms with Gasteiger partial charge in [0, 0.05) is 0 Å². The number of carbonyl (C=O) groups is 1. The highest BCUT2D eigenvalue weighted by Gasteiger charge is 2.50. The van der Waals surface area contributed by atoms with E-state index >= 15 is 0 Å². The van der Waals surface area contributed by atoms with Crippen molar-refractivity contribution in [1.82, 2.24) is 0 Å². The van der Waals surface area contributed by atoms with Crippen LogP contribution in [0.4, 0.5) is 13.2 Å². The molecule has 0 spiro atoms. The van der Waals surface area contributed by atoms with Crippen LogP contribution < -0.4 is 0 Å². The Balaban J connectivity index is 2.07. The molecule has 4 nitrogen and oxygen atoms in total. The molecule has 7 heteroatoms. The quantitative estimate of drug-likeness (QED) is 0.535. The smallest absolute Gasteiger partial charge is 0.416 e. The molecule has 3 aromatic carbocycles. The molecule has 0 aliphatic heterocycles. The summed E-state index contributed by atoms with van der Waals surface area (Å²) in [7, 11) is 1.16. The van der Waals surface area contributed by atoms with Crippen LogP contribution in [0.3, 0.4) is 0 Å². The van der Waals surface area contributed by atoms with Crippen molar-refractivity contribution >= 4 is 5.97 Å². The van der Waals surface area contributed by atoms with E-state index in [4.69, 9.17) is 9.47 Å². The van der Waals surface area contributed by atoms with Gasteiger partial charge in [0.2, 0.25) is 5.60 Å². The van der Waals surface area contributed by atoms with E-state index in [1.54, 1.807) is 54.6 Å². The van der Waals surface area contributed by atoms with Crippen LogP contribution in [0.5, 0.6) is 0 Å². The van der Waals surface area contributed by atoms with Crippen molar-refractivity contribution in [1.29, 1.82) is 0 Å². The second-order valence-corrected chi connectivity index (χ2v) is 6.89. The van der Waals surface area contributed by atoms with Crippen LogP contribution in [0, 0.1) is 0 Å². The number of benzene rings is 3. The Kier molecular flexibility index (Phi) is 6.77. The van der Waals surface area contributed by atoms with Crippen LogP contribution in [0.2, 0.25) is 0 Å². The normalized spacial score (nSPS) is 14.5. The zero-order valence-corrected chi connectivity index (χ0v) is 16.7. The molecular formula is C24H21F3O4. The number of methoxy groups -OCH3 is 1. The molecule has 2 unspecified atom stereocenters. The standard InChI is InChI=1S/C24H21F3O4/c1-30-22(29)23(19-10-6-3-7-11-19,31-16-17-8-4-2-5-9-17)21(28)18-12-14-20(15-13-18)24(25,26)27/h2-15,21,28H,16H2,1H3. The highest BCUT2D eigenvalue weighted by Crippen LogP contribution is 2.41. The molecule has 3 aromatic rings. The summed E-state index contributed by atoms with van der Waals surface area (Å²) in [5.74, 6) is -0.873. The highest BCUT2D eigenvalue weighted by atomic mass is 19.4. The summed E-state index contributed by atoms with van der Waals surface area (Å²) in [4.78, 5) is 13.0. The molecule has 1 N–H and O–H groups in total. The molecule has 0 amide bonds. The minimum Gasteiger partial charge on any atom is -0.467 e. The zero-order chi connectivity index (χ0) is 22.5. The first-order valence-corrected chi connectivity index (χ1v) is 9.46. The monoisotopic (exact) mass is 430 g/mol. The summed E-state index contributed by atoms with van der Waals surface area (Å²) < 4.78 is 49.8. The van der Waals surface area contributed by atoms with Crippen molar-refractivity contribution in [2.45, 2.75) is 24.5 Å². The Bertz CT molecular complexity index is 989. The van der Waals surface area contributed by atoms with E-state index < -0.39 is 29.4 Å². The lowest BCUT2D eigenvalue weighted by atomic mass is 9.83. The largest absolute Gasteiger partial charge is 0.467 e. The molecule has 0 fully saturated rings. The summed E-state index contributed by atoms with van der Waals surface area (Å²) in [6.07, 6.45) is -6.15. The third kappa shape index (κ3) is 4.78. The van der Waals surface area contributed by atoms with E-state index in [0.29, 0.717) is 5.56 Å². The third-order valence-corrected chi connectivity index (χ3v) is 4.94. The van der Waals surface area contributed by atoms with Crippen LogP contribution in [-0.4, -0.2) is 18.2 Å². The van der Waals surface area contributed by atoms with Crippen LogP contribution in [0.25, 0.3) is 0 Å². The number of hydrogen-bond donors (Lipinski definition) is 1. The molecule has 0 heterocycles. The molecule has 0 saturated heterocycles. The van der Waals surface area contributed by atoms with Crippen molar-refractivity contribution in [3.05, 3.63) is 107 Å². The van der Waals surface area contributed by atoms with Crippen LogP contribution in [0.15, 0.2) is 84.9 Å². The van der Waals surface area contributed by atoms with Gasteiger partial charge >= 0.3 is 12.1 Å². The average molecular weight is 430 g/mol. The van der Waals surface area contributed by atoms with E-state index in [1.807, 2.05) is 6.07 Å². The van der Waals surface area contributed by atoms with Gasteiger partial charge in [-0.3, -0.25) is 0 Å². The lowest BCUT2D eigenvalue weighted by Crippen LogP contribution is -2.45. The Labute approximate surface area is 177 Å².